The lowest BCUT2D eigenvalue weighted by Crippen LogP contribution is -2.17. The van der Waals surface area contributed by atoms with Gasteiger partial charge >= 0.3 is 0 Å². The molecule has 0 aliphatic carbocycles. The average molecular weight is 258 g/mol. The number of thiazole rings is 1. The van der Waals surface area contributed by atoms with Crippen LogP contribution in [0.15, 0.2) is 5.38 Å². The Hall–Kier alpha value is -0.490. The molecule has 98 valence electrons. The topological polar surface area (TPSA) is 57.4 Å². The Morgan fingerprint density at radius 1 is 1.35 bits per heavy atom. The van der Waals surface area contributed by atoms with Crippen molar-refractivity contribution in [2.75, 3.05) is 26.9 Å². The summed E-state index contributed by atoms with van der Waals surface area (Å²) in [7, 11) is 1.67. The molecule has 0 aliphatic rings. The summed E-state index contributed by atoms with van der Waals surface area (Å²) in [4.78, 5) is 4.53. The summed E-state index contributed by atoms with van der Waals surface area (Å²) in [5, 5.41) is 3.14. The summed E-state index contributed by atoms with van der Waals surface area (Å²) in [5.41, 5.74) is 7.04. The fourth-order valence-corrected chi connectivity index (χ4v) is 2.16. The molecule has 0 radical (unpaired) electrons. The van der Waals surface area contributed by atoms with E-state index in [1.54, 1.807) is 18.4 Å². The first-order valence-electron chi connectivity index (χ1n) is 5.91. The molecule has 0 amide bonds. The fourth-order valence-electron chi connectivity index (χ4n) is 1.34. The van der Waals surface area contributed by atoms with E-state index < -0.39 is 0 Å². The maximum atomic E-state index is 6.04. The van der Waals surface area contributed by atoms with Gasteiger partial charge in [0.15, 0.2) is 0 Å². The molecule has 0 saturated carbocycles. The van der Waals surface area contributed by atoms with Crippen LogP contribution in [-0.4, -0.2) is 31.9 Å². The van der Waals surface area contributed by atoms with Gasteiger partial charge < -0.3 is 15.2 Å². The van der Waals surface area contributed by atoms with E-state index in [0.717, 1.165) is 17.1 Å². The number of nitrogens with zero attached hydrogens (tertiary/aromatic N) is 1. The normalized spacial score (nSPS) is 13.2. The van der Waals surface area contributed by atoms with Crippen LogP contribution >= 0.6 is 11.3 Å². The molecular formula is C12H22N2O2S. The van der Waals surface area contributed by atoms with Crippen LogP contribution < -0.4 is 5.73 Å². The van der Waals surface area contributed by atoms with Crippen molar-refractivity contribution in [2.45, 2.75) is 26.3 Å². The molecule has 1 heterocycles. The lowest BCUT2D eigenvalue weighted by Gasteiger charge is -2.12. The highest BCUT2D eigenvalue weighted by molar-refractivity contribution is 7.09. The van der Waals surface area contributed by atoms with E-state index >= 15 is 0 Å². The van der Waals surface area contributed by atoms with Crippen molar-refractivity contribution < 1.29 is 9.47 Å². The van der Waals surface area contributed by atoms with Gasteiger partial charge in [0.05, 0.1) is 36.6 Å². The SMILES string of the molecule is COCCOCCc1nc(C(N)C(C)C)cs1. The summed E-state index contributed by atoms with van der Waals surface area (Å²) in [6, 6.07) is 0.0365. The van der Waals surface area contributed by atoms with Crippen molar-refractivity contribution in [3.63, 3.8) is 0 Å². The summed E-state index contributed by atoms with van der Waals surface area (Å²) in [6.07, 6.45) is 0.846. The van der Waals surface area contributed by atoms with Crippen LogP contribution in [0.2, 0.25) is 0 Å². The number of hydrogen-bond acceptors (Lipinski definition) is 5. The highest BCUT2D eigenvalue weighted by Gasteiger charge is 2.13. The Morgan fingerprint density at radius 3 is 2.76 bits per heavy atom. The van der Waals surface area contributed by atoms with E-state index in [9.17, 15) is 0 Å². The van der Waals surface area contributed by atoms with E-state index in [-0.39, 0.29) is 6.04 Å². The molecular weight excluding hydrogens is 236 g/mol. The molecule has 1 aromatic rings. The van der Waals surface area contributed by atoms with Crippen molar-refractivity contribution in [3.05, 3.63) is 16.1 Å². The summed E-state index contributed by atoms with van der Waals surface area (Å²) >= 11 is 1.66. The quantitative estimate of drug-likeness (QED) is 0.725. The van der Waals surface area contributed by atoms with Gasteiger partial charge in [0.25, 0.3) is 0 Å². The molecule has 0 fully saturated rings. The summed E-state index contributed by atoms with van der Waals surface area (Å²) in [6.45, 7) is 6.18. The first-order chi connectivity index (χ1) is 8.15. The molecule has 1 rings (SSSR count). The van der Waals surface area contributed by atoms with Crippen molar-refractivity contribution in [1.29, 1.82) is 0 Å². The lowest BCUT2D eigenvalue weighted by molar-refractivity contribution is 0.0722. The number of rotatable bonds is 8. The van der Waals surface area contributed by atoms with Gasteiger partial charge in [0, 0.05) is 18.9 Å². The predicted octanol–water partition coefficient (Wildman–Crippen LogP) is 2.00. The molecule has 0 aromatic carbocycles. The smallest absolute Gasteiger partial charge is 0.0951 e. The highest BCUT2D eigenvalue weighted by atomic mass is 32.1. The van der Waals surface area contributed by atoms with Gasteiger partial charge in [0.1, 0.15) is 0 Å². The molecule has 0 bridgehead atoms. The molecule has 0 saturated heterocycles. The van der Waals surface area contributed by atoms with Crippen LogP contribution in [0.4, 0.5) is 0 Å². The number of nitrogens with two attached hydrogens (primary N) is 1. The average Bonchev–Trinajstić information content (AvgIpc) is 2.76. The summed E-state index contributed by atoms with van der Waals surface area (Å²) < 4.78 is 10.3. The predicted molar refractivity (Wildman–Crippen MR) is 70.3 cm³/mol. The molecule has 2 N–H and O–H groups in total. The van der Waals surface area contributed by atoms with Gasteiger partial charge in [-0.05, 0) is 5.92 Å². The largest absolute Gasteiger partial charge is 0.382 e. The van der Waals surface area contributed by atoms with Crippen molar-refractivity contribution in [3.8, 4) is 0 Å². The zero-order valence-corrected chi connectivity index (χ0v) is 11.6. The molecule has 0 spiro atoms. The minimum absolute atomic E-state index is 0.0365. The van der Waals surface area contributed by atoms with Crippen LogP contribution in [0.5, 0.6) is 0 Å². The molecule has 5 heteroatoms. The van der Waals surface area contributed by atoms with Gasteiger partial charge in [-0.3, -0.25) is 0 Å². The van der Waals surface area contributed by atoms with Crippen molar-refractivity contribution in [1.82, 2.24) is 4.98 Å². The van der Waals surface area contributed by atoms with E-state index in [2.05, 4.69) is 24.2 Å². The fraction of sp³-hybridized carbons (Fsp3) is 0.750. The standard InChI is InChI=1S/C12H22N2O2S/c1-9(2)12(13)10-8-17-11(14-10)4-5-16-7-6-15-3/h8-9,12H,4-7,13H2,1-3H3. The van der Waals surface area contributed by atoms with Gasteiger partial charge in [-0.2, -0.15) is 0 Å². The summed E-state index contributed by atoms with van der Waals surface area (Å²) in [5.74, 6) is 0.419. The van der Waals surface area contributed by atoms with Crippen LogP contribution in [0, 0.1) is 5.92 Å². The first kappa shape index (κ1) is 14.6. The monoisotopic (exact) mass is 258 g/mol. The van der Waals surface area contributed by atoms with Crippen molar-refractivity contribution in [2.24, 2.45) is 11.7 Å². The minimum Gasteiger partial charge on any atom is -0.382 e. The molecule has 4 nitrogen and oxygen atoms in total. The van der Waals surface area contributed by atoms with Crippen molar-refractivity contribution >= 4 is 11.3 Å². The second-order valence-electron chi connectivity index (χ2n) is 4.29. The molecule has 1 aromatic heterocycles. The zero-order chi connectivity index (χ0) is 12.7. The lowest BCUT2D eigenvalue weighted by atomic mass is 10.0. The Labute approximate surface area is 107 Å². The third-order valence-electron chi connectivity index (χ3n) is 2.52. The van der Waals surface area contributed by atoms with Gasteiger partial charge in [0.2, 0.25) is 0 Å². The van der Waals surface area contributed by atoms with Crippen LogP contribution in [0.3, 0.4) is 0 Å². The maximum Gasteiger partial charge on any atom is 0.0951 e. The van der Waals surface area contributed by atoms with Gasteiger partial charge in [-0.15, -0.1) is 11.3 Å². The Kier molecular flexibility index (Phi) is 6.65. The number of aromatic nitrogens is 1. The Morgan fingerprint density at radius 2 is 2.12 bits per heavy atom. The highest BCUT2D eigenvalue weighted by Crippen LogP contribution is 2.21. The van der Waals surface area contributed by atoms with Crippen LogP contribution in [-0.2, 0) is 15.9 Å². The third-order valence-corrected chi connectivity index (χ3v) is 3.45. The Bertz CT molecular complexity index is 315. The van der Waals surface area contributed by atoms with Crippen LogP contribution in [0.1, 0.15) is 30.6 Å². The van der Waals surface area contributed by atoms with Gasteiger partial charge in [-0.25, -0.2) is 4.98 Å². The van der Waals surface area contributed by atoms with Gasteiger partial charge in [-0.1, -0.05) is 13.8 Å². The number of hydrogen-bond donors (Lipinski definition) is 1. The Balaban J connectivity index is 2.31. The maximum absolute atomic E-state index is 6.04. The van der Waals surface area contributed by atoms with Crippen LogP contribution in [0.25, 0.3) is 0 Å². The zero-order valence-electron chi connectivity index (χ0n) is 10.8. The second-order valence-corrected chi connectivity index (χ2v) is 5.23. The van der Waals surface area contributed by atoms with E-state index in [1.807, 2.05) is 0 Å². The molecule has 17 heavy (non-hydrogen) atoms. The van der Waals surface area contributed by atoms with E-state index in [1.165, 1.54) is 0 Å². The number of methoxy groups -OCH3 is 1. The minimum atomic E-state index is 0.0365. The third kappa shape index (κ3) is 5.12. The van der Waals surface area contributed by atoms with E-state index in [0.29, 0.717) is 25.7 Å². The first-order valence-corrected chi connectivity index (χ1v) is 6.79. The molecule has 0 aliphatic heterocycles. The molecule has 1 unspecified atom stereocenters. The van der Waals surface area contributed by atoms with E-state index in [4.69, 9.17) is 15.2 Å². The second kappa shape index (κ2) is 7.76. The molecule has 1 atom stereocenters. The number of ether oxygens (including phenoxy) is 2.